The number of hydrogen-bond donors (Lipinski definition) is 6. The SMILES string of the molecule is COc1ccc(-c2oc3c(O)cc(CCCO[C@@H]4O[C@H](CO)[C@@H](O)[C@H](O)[C@H]4O)cc3c2CO)cc1OC. The lowest BCUT2D eigenvalue weighted by Crippen LogP contribution is -2.59. The van der Waals surface area contributed by atoms with E-state index in [9.17, 15) is 30.6 Å². The van der Waals surface area contributed by atoms with Crippen molar-refractivity contribution in [3.05, 3.63) is 41.5 Å². The highest BCUT2D eigenvalue weighted by molar-refractivity contribution is 5.92. The number of rotatable bonds is 10. The molecule has 1 fully saturated rings. The zero-order valence-electron chi connectivity index (χ0n) is 20.5. The molecule has 0 saturated carbocycles. The number of phenolic OH excluding ortho intramolecular Hbond substituents is 1. The van der Waals surface area contributed by atoms with Gasteiger partial charge in [-0.1, -0.05) is 0 Å². The average Bonchev–Trinajstić information content (AvgIpc) is 3.29. The van der Waals surface area contributed by atoms with Gasteiger partial charge in [0, 0.05) is 16.5 Å². The lowest BCUT2D eigenvalue weighted by molar-refractivity contribution is -0.301. The number of aryl methyl sites for hydroxylation is 1. The molecular formula is C26H32O11. The Hall–Kier alpha value is -2.90. The van der Waals surface area contributed by atoms with Crippen LogP contribution in [0.4, 0.5) is 0 Å². The van der Waals surface area contributed by atoms with Gasteiger partial charge in [-0.2, -0.15) is 0 Å². The van der Waals surface area contributed by atoms with E-state index < -0.39 is 37.3 Å². The molecule has 1 aromatic heterocycles. The summed E-state index contributed by atoms with van der Waals surface area (Å²) in [7, 11) is 3.05. The fourth-order valence-electron chi connectivity index (χ4n) is 4.48. The monoisotopic (exact) mass is 520 g/mol. The Morgan fingerprint density at radius 1 is 0.919 bits per heavy atom. The van der Waals surface area contributed by atoms with E-state index in [0.717, 1.165) is 5.56 Å². The van der Waals surface area contributed by atoms with Crippen LogP contribution in [0.3, 0.4) is 0 Å². The first-order valence-corrected chi connectivity index (χ1v) is 11.9. The van der Waals surface area contributed by atoms with Gasteiger partial charge in [0.05, 0.1) is 34.0 Å². The molecule has 0 aliphatic carbocycles. The van der Waals surface area contributed by atoms with Crippen molar-refractivity contribution in [1.82, 2.24) is 0 Å². The van der Waals surface area contributed by atoms with Crippen molar-refractivity contribution in [3.63, 3.8) is 0 Å². The molecule has 4 rings (SSSR count). The van der Waals surface area contributed by atoms with Crippen LogP contribution >= 0.6 is 0 Å². The molecule has 11 nitrogen and oxygen atoms in total. The third-order valence-electron chi connectivity index (χ3n) is 6.48. The van der Waals surface area contributed by atoms with Gasteiger partial charge >= 0.3 is 0 Å². The molecule has 202 valence electrons. The Balaban J connectivity index is 1.49. The zero-order chi connectivity index (χ0) is 26.7. The minimum Gasteiger partial charge on any atom is -0.504 e. The predicted molar refractivity (Wildman–Crippen MR) is 130 cm³/mol. The van der Waals surface area contributed by atoms with Gasteiger partial charge in [-0.25, -0.2) is 0 Å². The fourth-order valence-corrected chi connectivity index (χ4v) is 4.48. The largest absolute Gasteiger partial charge is 0.504 e. The molecule has 37 heavy (non-hydrogen) atoms. The van der Waals surface area contributed by atoms with Crippen LogP contribution in [-0.2, 0) is 22.5 Å². The Morgan fingerprint density at radius 3 is 2.35 bits per heavy atom. The summed E-state index contributed by atoms with van der Waals surface area (Å²) in [5.74, 6) is 1.36. The second-order valence-electron chi connectivity index (χ2n) is 8.80. The fraction of sp³-hybridized carbons (Fsp3) is 0.462. The first kappa shape index (κ1) is 27.1. The molecule has 0 bridgehead atoms. The van der Waals surface area contributed by atoms with Crippen LogP contribution in [0.2, 0.25) is 0 Å². The van der Waals surface area contributed by atoms with Crippen molar-refractivity contribution in [1.29, 1.82) is 0 Å². The van der Waals surface area contributed by atoms with Gasteiger partial charge < -0.3 is 54.0 Å². The van der Waals surface area contributed by atoms with E-state index in [1.54, 1.807) is 24.3 Å². The minimum atomic E-state index is -1.51. The predicted octanol–water partition coefficient (Wildman–Crippen LogP) is 1.06. The molecule has 1 saturated heterocycles. The quantitative estimate of drug-likeness (QED) is 0.211. The summed E-state index contributed by atoms with van der Waals surface area (Å²) in [5, 5.41) is 60.5. The number of aromatic hydroxyl groups is 1. The topological polar surface area (TPSA) is 171 Å². The highest BCUT2D eigenvalue weighted by atomic mass is 16.7. The molecule has 0 amide bonds. The molecule has 0 unspecified atom stereocenters. The molecule has 0 spiro atoms. The third kappa shape index (κ3) is 5.39. The van der Waals surface area contributed by atoms with Gasteiger partial charge in [-0.3, -0.25) is 0 Å². The normalized spacial score (nSPS) is 23.9. The maximum Gasteiger partial charge on any atom is 0.186 e. The van der Waals surface area contributed by atoms with Gasteiger partial charge in [-0.15, -0.1) is 0 Å². The number of aliphatic hydroxyl groups excluding tert-OH is 5. The third-order valence-corrected chi connectivity index (χ3v) is 6.48. The summed E-state index contributed by atoms with van der Waals surface area (Å²) >= 11 is 0. The van der Waals surface area contributed by atoms with Crippen molar-refractivity contribution >= 4 is 11.0 Å². The van der Waals surface area contributed by atoms with Gasteiger partial charge in [0.25, 0.3) is 0 Å². The lowest BCUT2D eigenvalue weighted by Gasteiger charge is -2.39. The Kier molecular flexibility index (Phi) is 8.55. The molecule has 6 N–H and O–H groups in total. The Morgan fingerprint density at radius 2 is 1.68 bits per heavy atom. The molecule has 1 aliphatic heterocycles. The number of hydrogen-bond acceptors (Lipinski definition) is 11. The van der Waals surface area contributed by atoms with E-state index in [-0.39, 0.29) is 24.5 Å². The summed E-state index contributed by atoms with van der Waals surface area (Å²) in [6, 6.07) is 8.61. The first-order chi connectivity index (χ1) is 17.8. The number of aliphatic hydroxyl groups is 5. The van der Waals surface area contributed by atoms with Gasteiger partial charge in [0.1, 0.15) is 30.2 Å². The highest BCUT2D eigenvalue weighted by Crippen LogP contribution is 2.41. The second-order valence-corrected chi connectivity index (χ2v) is 8.80. The molecule has 11 heteroatoms. The van der Waals surface area contributed by atoms with Crippen LogP contribution in [0.5, 0.6) is 17.2 Å². The Labute approximate surface area is 213 Å². The molecule has 1 aliphatic rings. The van der Waals surface area contributed by atoms with E-state index in [1.165, 1.54) is 14.2 Å². The van der Waals surface area contributed by atoms with E-state index in [0.29, 0.717) is 46.6 Å². The zero-order valence-corrected chi connectivity index (χ0v) is 20.5. The highest BCUT2D eigenvalue weighted by Gasteiger charge is 2.43. The van der Waals surface area contributed by atoms with Crippen molar-refractivity contribution in [2.45, 2.75) is 50.2 Å². The standard InChI is InChI=1S/C26H32O11/c1-33-18-6-5-14(10-19(18)34-2)24-16(11-27)15-8-13(9-17(29)25(15)37-24)4-3-7-35-26-23(32)22(31)21(30)20(12-28)36-26/h5-6,8-10,20-23,26-32H,3-4,7,11-12H2,1-2H3/t20-,21-,22+,23-,26-/m1/s1. The molecular weight excluding hydrogens is 488 g/mol. The first-order valence-electron chi connectivity index (χ1n) is 11.9. The maximum atomic E-state index is 10.6. The number of methoxy groups -OCH3 is 2. The minimum absolute atomic E-state index is 0.0798. The molecule has 5 atom stereocenters. The van der Waals surface area contributed by atoms with Crippen molar-refractivity contribution < 1.29 is 54.0 Å². The Bertz CT molecular complexity index is 1200. The summed E-state index contributed by atoms with van der Waals surface area (Å²) in [4.78, 5) is 0. The van der Waals surface area contributed by atoms with Gasteiger partial charge in [0.2, 0.25) is 0 Å². The number of furan rings is 1. The summed E-state index contributed by atoms with van der Waals surface area (Å²) in [6.07, 6.45) is -5.73. The maximum absolute atomic E-state index is 10.6. The molecule has 3 aromatic rings. The van der Waals surface area contributed by atoms with Gasteiger partial charge in [-0.05, 0) is 48.7 Å². The number of fused-ring (bicyclic) bond motifs is 1. The van der Waals surface area contributed by atoms with E-state index >= 15 is 0 Å². The summed E-state index contributed by atoms with van der Waals surface area (Å²) < 4.78 is 27.5. The van der Waals surface area contributed by atoms with Crippen LogP contribution in [0.25, 0.3) is 22.3 Å². The second kappa shape index (κ2) is 11.7. The van der Waals surface area contributed by atoms with Crippen molar-refractivity contribution in [3.8, 4) is 28.6 Å². The average molecular weight is 521 g/mol. The smallest absolute Gasteiger partial charge is 0.186 e. The van der Waals surface area contributed by atoms with Gasteiger partial charge in [0.15, 0.2) is 29.1 Å². The van der Waals surface area contributed by atoms with E-state index in [1.807, 2.05) is 6.07 Å². The number of benzene rings is 2. The van der Waals surface area contributed by atoms with Crippen molar-refractivity contribution in [2.75, 3.05) is 27.4 Å². The van der Waals surface area contributed by atoms with Crippen LogP contribution in [0.1, 0.15) is 17.5 Å². The van der Waals surface area contributed by atoms with Crippen LogP contribution < -0.4 is 9.47 Å². The lowest BCUT2D eigenvalue weighted by atomic mass is 9.99. The van der Waals surface area contributed by atoms with Crippen molar-refractivity contribution in [2.24, 2.45) is 0 Å². The van der Waals surface area contributed by atoms with Crippen LogP contribution in [0, 0.1) is 0 Å². The van der Waals surface area contributed by atoms with E-state index in [4.69, 9.17) is 23.4 Å². The molecule has 2 aromatic carbocycles. The molecule has 2 heterocycles. The van der Waals surface area contributed by atoms with Crippen LogP contribution in [0.15, 0.2) is 34.7 Å². The van der Waals surface area contributed by atoms with Crippen LogP contribution in [-0.4, -0.2) is 88.8 Å². The van der Waals surface area contributed by atoms with E-state index in [2.05, 4.69) is 0 Å². The summed E-state index contributed by atoms with van der Waals surface area (Å²) in [5.41, 5.74) is 2.16. The summed E-state index contributed by atoms with van der Waals surface area (Å²) in [6.45, 7) is -0.719. The number of phenols is 1. The molecule has 0 radical (unpaired) electrons. The number of ether oxygens (including phenoxy) is 4.